The Bertz CT molecular complexity index is 415. The molecule has 1 aliphatic rings. The van der Waals surface area contributed by atoms with Crippen molar-refractivity contribution in [3.8, 4) is 0 Å². The van der Waals surface area contributed by atoms with Crippen LogP contribution in [0.1, 0.15) is 31.7 Å². The largest absolute Gasteiger partial charge is 0.358 e. The number of likely N-dealkylation sites (N-methyl/N-ethyl adjacent to an activating group) is 1. The fraction of sp³-hybridized carbons (Fsp3) is 0.733. The number of hydrogen-bond acceptors (Lipinski definition) is 5. The van der Waals surface area contributed by atoms with Crippen LogP contribution in [0.3, 0.4) is 0 Å². The van der Waals surface area contributed by atoms with E-state index >= 15 is 0 Å². The number of aromatic nitrogens is 2. The Labute approximate surface area is 122 Å². The lowest BCUT2D eigenvalue weighted by Crippen LogP contribution is -2.32. The fourth-order valence-electron chi connectivity index (χ4n) is 2.54. The van der Waals surface area contributed by atoms with Crippen molar-refractivity contribution < 1.29 is 0 Å². The third kappa shape index (κ3) is 4.07. The Morgan fingerprint density at radius 2 is 2.10 bits per heavy atom. The number of nitrogens with one attached hydrogen (secondary N) is 1. The van der Waals surface area contributed by atoms with Gasteiger partial charge in [0.25, 0.3) is 0 Å². The van der Waals surface area contributed by atoms with Crippen molar-refractivity contribution in [2.75, 3.05) is 50.0 Å². The third-order valence-corrected chi connectivity index (χ3v) is 3.79. The SMILES string of the molecule is CCCNc1ncc(C)c(N(C)CCN2CCCC2)n1. The van der Waals surface area contributed by atoms with Crippen LogP contribution in [0.5, 0.6) is 0 Å². The van der Waals surface area contributed by atoms with Crippen LogP contribution in [0, 0.1) is 6.92 Å². The van der Waals surface area contributed by atoms with E-state index in [9.17, 15) is 0 Å². The summed E-state index contributed by atoms with van der Waals surface area (Å²) in [6.07, 6.45) is 5.69. The summed E-state index contributed by atoms with van der Waals surface area (Å²) in [7, 11) is 2.12. The van der Waals surface area contributed by atoms with Gasteiger partial charge in [-0.15, -0.1) is 0 Å². The van der Waals surface area contributed by atoms with Crippen LogP contribution in [-0.4, -0.2) is 54.6 Å². The lowest BCUT2D eigenvalue weighted by molar-refractivity contribution is 0.346. The minimum atomic E-state index is 0.737. The summed E-state index contributed by atoms with van der Waals surface area (Å²) in [5.41, 5.74) is 1.14. The molecule has 112 valence electrons. The van der Waals surface area contributed by atoms with Crippen molar-refractivity contribution in [3.63, 3.8) is 0 Å². The monoisotopic (exact) mass is 277 g/mol. The Morgan fingerprint density at radius 3 is 2.80 bits per heavy atom. The van der Waals surface area contributed by atoms with Crippen LogP contribution in [0.4, 0.5) is 11.8 Å². The van der Waals surface area contributed by atoms with Gasteiger partial charge < -0.3 is 15.1 Å². The molecule has 20 heavy (non-hydrogen) atoms. The second-order valence-corrected chi connectivity index (χ2v) is 5.60. The molecule has 0 aliphatic carbocycles. The van der Waals surface area contributed by atoms with Crippen molar-refractivity contribution in [2.24, 2.45) is 0 Å². The van der Waals surface area contributed by atoms with E-state index in [1.807, 2.05) is 6.20 Å². The van der Waals surface area contributed by atoms with Gasteiger partial charge in [0.15, 0.2) is 0 Å². The molecule has 1 aliphatic heterocycles. The molecular weight excluding hydrogens is 250 g/mol. The normalized spacial score (nSPS) is 15.6. The maximum absolute atomic E-state index is 4.64. The highest BCUT2D eigenvalue weighted by molar-refractivity contribution is 5.48. The summed E-state index contributed by atoms with van der Waals surface area (Å²) in [6, 6.07) is 0. The van der Waals surface area contributed by atoms with Gasteiger partial charge in [-0.2, -0.15) is 4.98 Å². The van der Waals surface area contributed by atoms with Gasteiger partial charge >= 0.3 is 0 Å². The lowest BCUT2D eigenvalue weighted by atomic mass is 10.3. The first-order valence-electron chi connectivity index (χ1n) is 7.71. The molecule has 5 heteroatoms. The lowest BCUT2D eigenvalue weighted by Gasteiger charge is -2.23. The van der Waals surface area contributed by atoms with Crippen molar-refractivity contribution in [3.05, 3.63) is 11.8 Å². The zero-order chi connectivity index (χ0) is 14.4. The summed E-state index contributed by atoms with van der Waals surface area (Å²) < 4.78 is 0. The maximum Gasteiger partial charge on any atom is 0.224 e. The second kappa shape index (κ2) is 7.43. The van der Waals surface area contributed by atoms with Crippen molar-refractivity contribution in [2.45, 2.75) is 33.1 Å². The maximum atomic E-state index is 4.64. The van der Waals surface area contributed by atoms with Crippen LogP contribution in [0.2, 0.25) is 0 Å². The summed E-state index contributed by atoms with van der Waals surface area (Å²) in [5.74, 6) is 1.78. The molecular formula is C15H27N5. The van der Waals surface area contributed by atoms with E-state index in [4.69, 9.17) is 0 Å². The van der Waals surface area contributed by atoms with E-state index < -0.39 is 0 Å². The molecule has 1 saturated heterocycles. The molecule has 0 spiro atoms. The van der Waals surface area contributed by atoms with Crippen LogP contribution >= 0.6 is 0 Å². The van der Waals surface area contributed by atoms with E-state index in [1.165, 1.54) is 25.9 Å². The molecule has 0 amide bonds. The van der Waals surface area contributed by atoms with Gasteiger partial charge in [-0.1, -0.05) is 6.92 Å². The van der Waals surface area contributed by atoms with E-state index in [0.717, 1.165) is 43.4 Å². The first-order valence-corrected chi connectivity index (χ1v) is 7.71. The highest BCUT2D eigenvalue weighted by Gasteiger charge is 2.14. The van der Waals surface area contributed by atoms with Crippen molar-refractivity contribution in [1.82, 2.24) is 14.9 Å². The van der Waals surface area contributed by atoms with Gasteiger partial charge in [0.2, 0.25) is 5.95 Å². The molecule has 0 bridgehead atoms. The zero-order valence-corrected chi connectivity index (χ0v) is 13.0. The van der Waals surface area contributed by atoms with Gasteiger partial charge in [0, 0.05) is 38.4 Å². The fourth-order valence-corrected chi connectivity index (χ4v) is 2.54. The molecule has 1 aromatic heterocycles. The third-order valence-electron chi connectivity index (χ3n) is 3.79. The van der Waals surface area contributed by atoms with E-state index in [-0.39, 0.29) is 0 Å². The predicted molar refractivity (Wildman–Crippen MR) is 84.5 cm³/mol. The highest BCUT2D eigenvalue weighted by Crippen LogP contribution is 2.17. The second-order valence-electron chi connectivity index (χ2n) is 5.60. The summed E-state index contributed by atoms with van der Waals surface area (Å²) in [6.45, 7) is 9.78. The van der Waals surface area contributed by atoms with Gasteiger partial charge in [-0.25, -0.2) is 4.98 Å². The zero-order valence-electron chi connectivity index (χ0n) is 13.0. The van der Waals surface area contributed by atoms with Crippen LogP contribution in [-0.2, 0) is 0 Å². The number of rotatable bonds is 7. The number of nitrogens with zero attached hydrogens (tertiary/aromatic N) is 4. The molecule has 5 nitrogen and oxygen atoms in total. The summed E-state index contributed by atoms with van der Waals surface area (Å²) in [4.78, 5) is 13.8. The van der Waals surface area contributed by atoms with Crippen molar-refractivity contribution >= 4 is 11.8 Å². The van der Waals surface area contributed by atoms with Gasteiger partial charge in [0.05, 0.1) is 0 Å². The Morgan fingerprint density at radius 1 is 1.35 bits per heavy atom. The molecule has 0 aromatic carbocycles. The first kappa shape index (κ1) is 15.0. The number of anilines is 2. The smallest absolute Gasteiger partial charge is 0.224 e. The van der Waals surface area contributed by atoms with Gasteiger partial charge in [-0.3, -0.25) is 0 Å². The minimum Gasteiger partial charge on any atom is -0.358 e. The minimum absolute atomic E-state index is 0.737. The Balaban J connectivity index is 1.94. The molecule has 0 saturated carbocycles. The molecule has 2 rings (SSSR count). The van der Waals surface area contributed by atoms with Gasteiger partial charge in [0.1, 0.15) is 5.82 Å². The van der Waals surface area contributed by atoms with E-state index in [0.29, 0.717) is 0 Å². The predicted octanol–water partition coefficient (Wildman–Crippen LogP) is 2.14. The van der Waals surface area contributed by atoms with Crippen LogP contribution in [0.25, 0.3) is 0 Å². The number of hydrogen-bond donors (Lipinski definition) is 1. The summed E-state index contributed by atoms with van der Waals surface area (Å²) in [5, 5.41) is 3.25. The average Bonchev–Trinajstić information content (AvgIpc) is 2.97. The molecule has 1 aromatic rings. The Kier molecular flexibility index (Phi) is 5.59. The van der Waals surface area contributed by atoms with Crippen LogP contribution < -0.4 is 10.2 Å². The highest BCUT2D eigenvalue weighted by atomic mass is 15.2. The molecule has 0 unspecified atom stereocenters. The van der Waals surface area contributed by atoms with E-state index in [1.54, 1.807) is 0 Å². The standard InChI is InChI=1S/C15H27N5/c1-4-7-16-15-17-12-13(2)14(18-15)19(3)10-11-20-8-5-6-9-20/h12H,4-11H2,1-3H3,(H,16,17,18). The topological polar surface area (TPSA) is 44.3 Å². The Hall–Kier alpha value is -1.36. The van der Waals surface area contributed by atoms with E-state index in [2.05, 4.69) is 46.0 Å². The number of likely N-dealkylation sites (tertiary alicyclic amines) is 1. The molecule has 1 N–H and O–H groups in total. The molecule has 1 fully saturated rings. The first-order chi connectivity index (χ1) is 9.70. The number of aryl methyl sites for hydroxylation is 1. The van der Waals surface area contributed by atoms with Crippen molar-refractivity contribution in [1.29, 1.82) is 0 Å². The molecule has 2 heterocycles. The summed E-state index contributed by atoms with van der Waals surface area (Å²) >= 11 is 0. The van der Waals surface area contributed by atoms with Crippen LogP contribution in [0.15, 0.2) is 6.20 Å². The molecule has 0 radical (unpaired) electrons. The van der Waals surface area contributed by atoms with Gasteiger partial charge in [-0.05, 0) is 39.3 Å². The quantitative estimate of drug-likeness (QED) is 0.827. The average molecular weight is 277 g/mol. The molecule has 0 atom stereocenters.